The van der Waals surface area contributed by atoms with Gasteiger partial charge in [-0.1, -0.05) is 0 Å². The first kappa shape index (κ1) is 14.1. The number of anilines is 1. The zero-order valence-electron chi connectivity index (χ0n) is 11.8. The van der Waals surface area contributed by atoms with Crippen LogP contribution >= 0.6 is 0 Å². The predicted molar refractivity (Wildman–Crippen MR) is 79.3 cm³/mol. The van der Waals surface area contributed by atoms with Crippen molar-refractivity contribution in [2.24, 2.45) is 0 Å². The smallest absolute Gasteiger partial charge is 0.128 e. The minimum Gasteiger partial charge on any atom is -0.497 e. The molecule has 2 aromatic rings. The van der Waals surface area contributed by atoms with Crippen molar-refractivity contribution < 1.29 is 4.74 Å². The molecule has 0 unspecified atom stereocenters. The van der Waals surface area contributed by atoms with Crippen LogP contribution in [0.3, 0.4) is 0 Å². The molecule has 0 bridgehead atoms. The summed E-state index contributed by atoms with van der Waals surface area (Å²) in [6.07, 6.45) is 0.509. The summed E-state index contributed by atoms with van der Waals surface area (Å²) >= 11 is 0. The van der Waals surface area contributed by atoms with Crippen LogP contribution in [0, 0.1) is 11.3 Å². The average Bonchev–Trinajstić information content (AvgIpc) is 2.45. The Morgan fingerprint density at radius 1 is 1.40 bits per heavy atom. The standard InChI is InChI=1S/C15H18N4O/c1-19(7-3-6-16)10-12-8-11-4-5-13(20-2)9-14(11)18-15(12)17/h4-5,8-9H,3,7,10H2,1-2H3,(H2,17,18). The molecule has 1 aromatic heterocycles. The van der Waals surface area contributed by atoms with Gasteiger partial charge in [0.1, 0.15) is 11.6 Å². The van der Waals surface area contributed by atoms with E-state index in [0.29, 0.717) is 18.8 Å². The molecule has 2 N–H and O–H groups in total. The van der Waals surface area contributed by atoms with Crippen molar-refractivity contribution in [1.82, 2.24) is 9.88 Å². The van der Waals surface area contributed by atoms with E-state index in [0.717, 1.165) is 28.8 Å². The molecule has 0 aliphatic carbocycles. The molecule has 0 amide bonds. The fraction of sp³-hybridized carbons (Fsp3) is 0.333. The van der Waals surface area contributed by atoms with Crippen LogP contribution in [0.4, 0.5) is 5.82 Å². The maximum Gasteiger partial charge on any atom is 0.128 e. The molecule has 2 rings (SSSR count). The highest BCUT2D eigenvalue weighted by molar-refractivity contribution is 5.82. The summed E-state index contributed by atoms with van der Waals surface area (Å²) in [7, 11) is 3.60. The van der Waals surface area contributed by atoms with Gasteiger partial charge in [0.05, 0.1) is 18.7 Å². The maximum absolute atomic E-state index is 8.60. The highest BCUT2D eigenvalue weighted by Gasteiger charge is 2.08. The van der Waals surface area contributed by atoms with Gasteiger partial charge in [0, 0.05) is 36.5 Å². The van der Waals surface area contributed by atoms with Crippen molar-refractivity contribution in [3.8, 4) is 11.8 Å². The minimum absolute atomic E-state index is 0.509. The fourth-order valence-corrected chi connectivity index (χ4v) is 2.07. The van der Waals surface area contributed by atoms with Crippen LogP contribution in [0.25, 0.3) is 10.9 Å². The summed E-state index contributed by atoms with van der Waals surface area (Å²) in [4.78, 5) is 6.49. The zero-order valence-corrected chi connectivity index (χ0v) is 11.8. The third-order valence-corrected chi connectivity index (χ3v) is 3.18. The molecule has 0 aliphatic rings. The average molecular weight is 270 g/mol. The second-order valence-corrected chi connectivity index (χ2v) is 4.74. The number of ether oxygens (including phenoxy) is 1. The highest BCUT2D eigenvalue weighted by atomic mass is 16.5. The van der Waals surface area contributed by atoms with Gasteiger partial charge in [0.2, 0.25) is 0 Å². The molecule has 0 saturated carbocycles. The molecule has 1 heterocycles. The molecule has 104 valence electrons. The molecule has 0 atom stereocenters. The second kappa shape index (κ2) is 6.22. The summed E-state index contributed by atoms with van der Waals surface area (Å²) in [6.45, 7) is 1.40. The maximum atomic E-state index is 8.60. The summed E-state index contributed by atoms with van der Waals surface area (Å²) in [5, 5.41) is 9.63. The second-order valence-electron chi connectivity index (χ2n) is 4.74. The summed E-state index contributed by atoms with van der Waals surface area (Å²) in [5.41, 5.74) is 7.81. The quantitative estimate of drug-likeness (QED) is 0.901. The lowest BCUT2D eigenvalue weighted by Gasteiger charge is -2.16. The molecule has 0 aliphatic heterocycles. The van der Waals surface area contributed by atoms with Gasteiger partial charge >= 0.3 is 0 Å². The van der Waals surface area contributed by atoms with Crippen LogP contribution in [-0.4, -0.2) is 30.6 Å². The van der Waals surface area contributed by atoms with Gasteiger partial charge in [-0.2, -0.15) is 5.26 Å². The number of hydrogen-bond acceptors (Lipinski definition) is 5. The van der Waals surface area contributed by atoms with Gasteiger partial charge < -0.3 is 15.4 Å². The lowest BCUT2D eigenvalue weighted by atomic mass is 10.1. The normalized spacial score (nSPS) is 10.7. The van der Waals surface area contributed by atoms with E-state index in [2.05, 4.69) is 16.0 Å². The van der Waals surface area contributed by atoms with E-state index < -0.39 is 0 Å². The number of methoxy groups -OCH3 is 1. The van der Waals surface area contributed by atoms with Gasteiger partial charge in [0.15, 0.2) is 0 Å². The highest BCUT2D eigenvalue weighted by Crippen LogP contribution is 2.23. The number of nitriles is 1. The first-order valence-corrected chi connectivity index (χ1v) is 6.42. The Bertz CT molecular complexity index is 648. The summed E-state index contributed by atoms with van der Waals surface area (Å²) in [6, 6.07) is 9.93. The van der Waals surface area contributed by atoms with Gasteiger partial charge in [0.25, 0.3) is 0 Å². The number of nitrogens with zero attached hydrogens (tertiary/aromatic N) is 3. The number of hydrogen-bond donors (Lipinski definition) is 1. The van der Waals surface area contributed by atoms with Gasteiger partial charge in [-0.25, -0.2) is 4.98 Å². The summed E-state index contributed by atoms with van der Waals surface area (Å²) < 4.78 is 5.18. The van der Waals surface area contributed by atoms with Crippen LogP contribution in [-0.2, 0) is 6.54 Å². The number of pyridine rings is 1. The third kappa shape index (κ3) is 3.16. The molecule has 0 spiro atoms. The van der Waals surface area contributed by atoms with Gasteiger partial charge in [-0.05, 0) is 25.2 Å². The lowest BCUT2D eigenvalue weighted by Crippen LogP contribution is -2.19. The molecular formula is C15H18N4O. The molecule has 0 fully saturated rings. The molecule has 5 heteroatoms. The van der Waals surface area contributed by atoms with Crippen LogP contribution < -0.4 is 10.5 Å². The Balaban J connectivity index is 2.26. The van der Waals surface area contributed by atoms with Crippen LogP contribution in [0.15, 0.2) is 24.3 Å². The topological polar surface area (TPSA) is 75.2 Å². The van der Waals surface area contributed by atoms with Crippen LogP contribution in [0.1, 0.15) is 12.0 Å². The molecule has 5 nitrogen and oxygen atoms in total. The minimum atomic E-state index is 0.509. The van der Waals surface area contributed by atoms with E-state index >= 15 is 0 Å². The third-order valence-electron chi connectivity index (χ3n) is 3.18. The van der Waals surface area contributed by atoms with E-state index in [-0.39, 0.29) is 0 Å². The Morgan fingerprint density at radius 2 is 2.20 bits per heavy atom. The van der Waals surface area contributed by atoms with E-state index in [1.54, 1.807) is 7.11 Å². The lowest BCUT2D eigenvalue weighted by molar-refractivity contribution is 0.335. The van der Waals surface area contributed by atoms with Crippen molar-refractivity contribution in [3.05, 3.63) is 29.8 Å². The number of fused-ring (bicyclic) bond motifs is 1. The number of aromatic nitrogens is 1. The van der Waals surface area contributed by atoms with Crippen molar-refractivity contribution in [2.75, 3.05) is 26.4 Å². The molecule has 0 saturated heterocycles. The monoisotopic (exact) mass is 270 g/mol. The SMILES string of the molecule is COc1ccc2cc(CN(C)CCC#N)c(N)nc2c1. The Labute approximate surface area is 118 Å². The van der Waals surface area contributed by atoms with Crippen molar-refractivity contribution >= 4 is 16.7 Å². The first-order chi connectivity index (χ1) is 9.63. The van der Waals surface area contributed by atoms with E-state index in [1.807, 2.05) is 31.3 Å². The Morgan fingerprint density at radius 3 is 2.90 bits per heavy atom. The number of nitrogens with two attached hydrogens (primary N) is 1. The number of rotatable bonds is 5. The molecule has 20 heavy (non-hydrogen) atoms. The van der Waals surface area contributed by atoms with Crippen molar-refractivity contribution in [3.63, 3.8) is 0 Å². The summed E-state index contributed by atoms with van der Waals surface area (Å²) in [5.74, 6) is 1.29. The molecular weight excluding hydrogens is 252 g/mol. The van der Waals surface area contributed by atoms with E-state index in [4.69, 9.17) is 15.7 Å². The number of nitrogen functional groups attached to an aromatic ring is 1. The van der Waals surface area contributed by atoms with E-state index in [9.17, 15) is 0 Å². The largest absolute Gasteiger partial charge is 0.497 e. The number of benzene rings is 1. The molecule has 1 aromatic carbocycles. The van der Waals surface area contributed by atoms with Gasteiger partial charge in [-0.3, -0.25) is 0 Å². The van der Waals surface area contributed by atoms with Crippen molar-refractivity contribution in [1.29, 1.82) is 5.26 Å². The van der Waals surface area contributed by atoms with Crippen LogP contribution in [0.2, 0.25) is 0 Å². The fourth-order valence-electron chi connectivity index (χ4n) is 2.07. The Kier molecular flexibility index (Phi) is 4.38. The first-order valence-electron chi connectivity index (χ1n) is 6.42. The van der Waals surface area contributed by atoms with Gasteiger partial charge in [-0.15, -0.1) is 0 Å². The Hall–Kier alpha value is -2.32. The van der Waals surface area contributed by atoms with Crippen molar-refractivity contribution in [2.45, 2.75) is 13.0 Å². The van der Waals surface area contributed by atoms with E-state index in [1.165, 1.54) is 0 Å². The molecule has 0 radical (unpaired) electrons. The zero-order chi connectivity index (χ0) is 14.5. The predicted octanol–water partition coefficient (Wildman–Crippen LogP) is 2.17. The van der Waals surface area contributed by atoms with Crippen LogP contribution in [0.5, 0.6) is 5.75 Å².